The third kappa shape index (κ3) is 5.10. The van der Waals surface area contributed by atoms with Crippen LogP contribution in [0, 0.1) is 0 Å². The number of piperidine rings is 1. The fourth-order valence-corrected chi connectivity index (χ4v) is 6.05. The molecule has 0 radical (unpaired) electrons. The van der Waals surface area contributed by atoms with Crippen molar-refractivity contribution in [1.29, 1.82) is 0 Å². The summed E-state index contributed by atoms with van der Waals surface area (Å²) in [5.41, 5.74) is 1.32. The lowest BCUT2D eigenvalue weighted by Gasteiger charge is -2.27. The van der Waals surface area contributed by atoms with E-state index >= 15 is 0 Å². The van der Waals surface area contributed by atoms with Gasteiger partial charge in [-0.3, -0.25) is 14.5 Å². The molecule has 2 amide bonds. The predicted octanol–water partition coefficient (Wildman–Crippen LogP) is 1.60. The third-order valence-electron chi connectivity index (χ3n) is 6.20. The summed E-state index contributed by atoms with van der Waals surface area (Å²) in [4.78, 5) is 29.3. The first-order chi connectivity index (χ1) is 14.8. The number of anilines is 1. The van der Waals surface area contributed by atoms with Gasteiger partial charge in [0, 0.05) is 45.2 Å². The van der Waals surface area contributed by atoms with E-state index in [1.165, 1.54) is 41.5 Å². The molecule has 2 aliphatic rings. The number of nitrogens with one attached hydrogen (secondary N) is 1. The average Bonchev–Trinajstić information content (AvgIpc) is 3.14. The fourth-order valence-electron chi connectivity index (χ4n) is 4.54. The highest BCUT2D eigenvalue weighted by Crippen LogP contribution is 2.34. The van der Waals surface area contributed by atoms with Gasteiger partial charge in [0.05, 0.1) is 4.90 Å². The van der Waals surface area contributed by atoms with Crippen LogP contribution >= 0.6 is 0 Å². The Morgan fingerprint density at radius 2 is 1.81 bits per heavy atom. The maximum atomic E-state index is 12.9. The minimum atomic E-state index is -3.60. The lowest BCUT2D eigenvalue weighted by molar-refractivity contribution is -0.125. The molecule has 1 unspecified atom stereocenters. The standard InChI is InChI=1S/C22H34N4O4S/c1-4-25(5-2)31(29,30)19-9-10-20-18(15-19)16-21(26(20)17(3)27)22(28)23-11-14-24-12-7-6-8-13-24/h9-10,15,21H,4-8,11-14,16H2,1-3H3,(H,23,28). The van der Waals surface area contributed by atoms with E-state index in [0.717, 1.165) is 19.6 Å². The molecule has 2 aliphatic heterocycles. The van der Waals surface area contributed by atoms with Gasteiger partial charge in [-0.25, -0.2) is 8.42 Å². The maximum Gasteiger partial charge on any atom is 0.243 e. The molecule has 1 N–H and O–H groups in total. The highest BCUT2D eigenvalue weighted by molar-refractivity contribution is 7.89. The highest BCUT2D eigenvalue weighted by atomic mass is 32.2. The zero-order valence-corrected chi connectivity index (χ0v) is 19.6. The van der Waals surface area contributed by atoms with Crippen LogP contribution in [-0.2, 0) is 26.0 Å². The van der Waals surface area contributed by atoms with E-state index in [4.69, 9.17) is 0 Å². The van der Waals surface area contributed by atoms with Crippen LogP contribution in [0.4, 0.5) is 5.69 Å². The van der Waals surface area contributed by atoms with Crippen LogP contribution < -0.4 is 10.2 Å². The van der Waals surface area contributed by atoms with Gasteiger partial charge >= 0.3 is 0 Å². The number of hydrogen-bond acceptors (Lipinski definition) is 5. The number of likely N-dealkylation sites (tertiary alicyclic amines) is 1. The molecule has 172 valence electrons. The van der Waals surface area contributed by atoms with Crippen molar-refractivity contribution in [2.45, 2.75) is 57.4 Å². The zero-order valence-electron chi connectivity index (χ0n) is 18.8. The van der Waals surface area contributed by atoms with E-state index in [9.17, 15) is 18.0 Å². The molecule has 8 nitrogen and oxygen atoms in total. The molecule has 0 saturated carbocycles. The Kier molecular flexibility index (Phi) is 7.72. The first kappa shape index (κ1) is 23.7. The quantitative estimate of drug-likeness (QED) is 0.650. The molecule has 9 heteroatoms. The summed E-state index contributed by atoms with van der Waals surface area (Å²) in [6.45, 7) is 9.28. The van der Waals surface area contributed by atoms with Crippen molar-refractivity contribution in [3.05, 3.63) is 23.8 Å². The van der Waals surface area contributed by atoms with Gasteiger partial charge in [0.15, 0.2) is 0 Å². The number of benzene rings is 1. The van der Waals surface area contributed by atoms with E-state index in [-0.39, 0.29) is 16.7 Å². The lowest BCUT2D eigenvalue weighted by Crippen LogP contribution is -2.49. The van der Waals surface area contributed by atoms with Gasteiger partial charge in [0.1, 0.15) is 6.04 Å². The number of nitrogens with zero attached hydrogens (tertiary/aromatic N) is 3. The smallest absolute Gasteiger partial charge is 0.243 e. The van der Waals surface area contributed by atoms with E-state index in [2.05, 4.69) is 10.2 Å². The van der Waals surface area contributed by atoms with Crippen LogP contribution in [0.1, 0.15) is 45.6 Å². The highest BCUT2D eigenvalue weighted by Gasteiger charge is 2.38. The SMILES string of the molecule is CCN(CC)S(=O)(=O)c1ccc2c(c1)CC(C(=O)NCCN1CCCCC1)N2C(C)=O. The number of rotatable bonds is 8. The number of fused-ring (bicyclic) bond motifs is 1. The molecule has 0 bridgehead atoms. The molecule has 0 aliphatic carbocycles. The summed E-state index contributed by atoms with van der Waals surface area (Å²) in [5.74, 6) is -0.425. The maximum absolute atomic E-state index is 12.9. The number of amides is 2. The second kappa shape index (κ2) is 10.1. The van der Waals surface area contributed by atoms with Crippen molar-refractivity contribution in [2.24, 2.45) is 0 Å². The van der Waals surface area contributed by atoms with Gasteiger partial charge in [0.25, 0.3) is 0 Å². The molecule has 2 heterocycles. The van der Waals surface area contributed by atoms with Crippen LogP contribution in [0.25, 0.3) is 0 Å². The van der Waals surface area contributed by atoms with Gasteiger partial charge in [-0.15, -0.1) is 0 Å². The van der Waals surface area contributed by atoms with Crippen LogP contribution in [-0.4, -0.2) is 74.7 Å². The minimum Gasteiger partial charge on any atom is -0.353 e. The van der Waals surface area contributed by atoms with Crippen LogP contribution in [0.15, 0.2) is 23.1 Å². The number of hydrogen-bond donors (Lipinski definition) is 1. The van der Waals surface area contributed by atoms with Crippen molar-refractivity contribution in [3.63, 3.8) is 0 Å². The van der Waals surface area contributed by atoms with E-state index < -0.39 is 16.1 Å². The first-order valence-electron chi connectivity index (χ1n) is 11.2. The number of sulfonamides is 1. The summed E-state index contributed by atoms with van der Waals surface area (Å²) in [6, 6.07) is 4.13. The Hall–Kier alpha value is -1.97. The Balaban J connectivity index is 1.73. The van der Waals surface area contributed by atoms with Gasteiger partial charge < -0.3 is 10.2 Å². The van der Waals surface area contributed by atoms with Gasteiger partial charge in [-0.05, 0) is 49.7 Å². The predicted molar refractivity (Wildman–Crippen MR) is 121 cm³/mol. The molecule has 31 heavy (non-hydrogen) atoms. The second-order valence-electron chi connectivity index (χ2n) is 8.18. The summed E-state index contributed by atoms with van der Waals surface area (Å²) in [5, 5.41) is 2.97. The summed E-state index contributed by atoms with van der Waals surface area (Å²) in [6.07, 6.45) is 3.97. The van der Waals surface area contributed by atoms with Crippen molar-refractivity contribution >= 4 is 27.5 Å². The van der Waals surface area contributed by atoms with Gasteiger partial charge in [-0.1, -0.05) is 20.3 Å². The molecule has 3 rings (SSSR count). The number of carbonyl (C=O) groups is 2. The molecule has 1 aromatic carbocycles. The van der Waals surface area contributed by atoms with E-state index in [1.54, 1.807) is 26.0 Å². The van der Waals surface area contributed by atoms with Crippen molar-refractivity contribution in [2.75, 3.05) is 44.2 Å². The summed E-state index contributed by atoms with van der Waals surface area (Å²) in [7, 11) is -3.60. The van der Waals surface area contributed by atoms with Crippen LogP contribution in [0.5, 0.6) is 0 Å². The van der Waals surface area contributed by atoms with Crippen LogP contribution in [0.2, 0.25) is 0 Å². The van der Waals surface area contributed by atoms with Crippen molar-refractivity contribution in [1.82, 2.24) is 14.5 Å². The fraction of sp³-hybridized carbons (Fsp3) is 0.636. The molecule has 0 spiro atoms. The summed E-state index contributed by atoms with van der Waals surface area (Å²) >= 11 is 0. The molecule has 1 aromatic rings. The molecule has 1 fully saturated rings. The van der Waals surface area contributed by atoms with Gasteiger partial charge in [0.2, 0.25) is 21.8 Å². The lowest BCUT2D eigenvalue weighted by atomic mass is 10.1. The molecule has 1 atom stereocenters. The van der Waals surface area contributed by atoms with E-state index in [0.29, 0.717) is 37.3 Å². The van der Waals surface area contributed by atoms with Crippen molar-refractivity contribution in [3.8, 4) is 0 Å². The Morgan fingerprint density at radius 1 is 1.13 bits per heavy atom. The van der Waals surface area contributed by atoms with Gasteiger partial charge in [-0.2, -0.15) is 4.31 Å². The Bertz CT molecular complexity index is 908. The topological polar surface area (TPSA) is 90.0 Å². The third-order valence-corrected chi connectivity index (χ3v) is 8.24. The van der Waals surface area contributed by atoms with Crippen LogP contribution in [0.3, 0.4) is 0 Å². The molecular formula is C22H34N4O4S. The largest absolute Gasteiger partial charge is 0.353 e. The van der Waals surface area contributed by atoms with E-state index in [1.807, 2.05) is 0 Å². The monoisotopic (exact) mass is 450 g/mol. The van der Waals surface area contributed by atoms with Crippen molar-refractivity contribution < 1.29 is 18.0 Å². The zero-order chi connectivity index (χ0) is 22.6. The second-order valence-corrected chi connectivity index (χ2v) is 10.1. The normalized spacial score (nSPS) is 19.5. The molecule has 1 saturated heterocycles. The molecule has 0 aromatic heterocycles. The Morgan fingerprint density at radius 3 is 2.42 bits per heavy atom. The molecular weight excluding hydrogens is 416 g/mol. The first-order valence-corrected chi connectivity index (χ1v) is 12.7. The number of carbonyl (C=O) groups excluding carboxylic acids is 2. The Labute approximate surface area is 185 Å². The minimum absolute atomic E-state index is 0.198. The average molecular weight is 451 g/mol. The summed E-state index contributed by atoms with van der Waals surface area (Å²) < 4.78 is 27.2.